The minimum atomic E-state index is -0.866. The molecule has 5 nitrogen and oxygen atoms in total. The molecule has 1 saturated carbocycles. The van der Waals surface area contributed by atoms with Crippen molar-refractivity contribution in [2.45, 2.75) is 25.8 Å². The highest BCUT2D eigenvalue weighted by Crippen LogP contribution is 2.33. The molecule has 114 valence electrons. The highest BCUT2D eigenvalue weighted by Gasteiger charge is 2.37. The van der Waals surface area contributed by atoms with Gasteiger partial charge in [-0.1, -0.05) is 24.6 Å². The van der Waals surface area contributed by atoms with Crippen LogP contribution in [0.1, 0.15) is 24.8 Å². The maximum Gasteiger partial charge on any atom is 0.307 e. The molecule has 1 aromatic rings. The molecule has 0 spiro atoms. The van der Waals surface area contributed by atoms with E-state index < -0.39 is 17.8 Å². The lowest BCUT2D eigenvalue weighted by Gasteiger charge is -2.18. The maximum atomic E-state index is 12.4. The minimum Gasteiger partial charge on any atom is -0.481 e. The zero-order valence-electron chi connectivity index (χ0n) is 12.5. The average molecular weight is 290 g/mol. The molecule has 2 rings (SSSR count). The molecular weight excluding hydrogens is 268 g/mol. The van der Waals surface area contributed by atoms with Gasteiger partial charge in [-0.25, -0.2) is 0 Å². The van der Waals surface area contributed by atoms with Crippen molar-refractivity contribution in [3.8, 4) is 0 Å². The zero-order valence-corrected chi connectivity index (χ0v) is 12.5. The van der Waals surface area contributed by atoms with Gasteiger partial charge in [0, 0.05) is 12.2 Å². The van der Waals surface area contributed by atoms with Crippen LogP contribution in [0.25, 0.3) is 0 Å². The quantitative estimate of drug-likeness (QED) is 0.872. The Balaban J connectivity index is 2.11. The van der Waals surface area contributed by atoms with Crippen LogP contribution in [0.15, 0.2) is 24.3 Å². The molecule has 0 heterocycles. The Morgan fingerprint density at radius 2 is 1.90 bits per heavy atom. The summed E-state index contributed by atoms with van der Waals surface area (Å²) in [5, 5.41) is 12.1. The fourth-order valence-corrected chi connectivity index (χ4v) is 2.92. The second kappa shape index (κ2) is 6.72. The van der Waals surface area contributed by atoms with Crippen molar-refractivity contribution >= 4 is 17.6 Å². The Hall–Kier alpha value is -1.88. The number of carboxylic acid groups (broad SMARTS) is 1. The molecular formula is C16H22N2O3. The zero-order chi connectivity index (χ0) is 15.4. The maximum absolute atomic E-state index is 12.4. The first-order valence-corrected chi connectivity index (χ1v) is 7.25. The van der Waals surface area contributed by atoms with Gasteiger partial charge in [0.15, 0.2) is 0 Å². The topological polar surface area (TPSA) is 69.6 Å². The number of nitrogens with one attached hydrogen (secondary N) is 1. The van der Waals surface area contributed by atoms with E-state index in [9.17, 15) is 14.7 Å². The van der Waals surface area contributed by atoms with Crippen LogP contribution in [0.4, 0.5) is 5.69 Å². The summed E-state index contributed by atoms with van der Waals surface area (Å²) in [6.45, 7) is 0.726. The number of hydrogen-bond donors (Lipinski definition) is 2. The molecule has 2 N–H and O–H groups in total. The van der Waals surface area contributed by atoms with Gasteiger partial charge in [0.25, 0.3) is 0 Å². The lowest BCUT2D eigenvalue weighted by Crippen LogP contribution is -2.30. The SMILES string of the molecule is CN(C)Cc1ccccc1NC(=O)C1CCCC1C(=O)O. The Morgan fingerprint density at radius 3 is 2.57 bits per heavy atom. The number of carboxylic acids is 1. The number of aliphatic carboxylic acids is 1. The lowest BCUT2D eigenvalue weighted by molar-refractivity contribution is -0.145. The van der Waals surface area contributed by atoms with Crippen LogP contribution in [-0.2, 0) is 16.1 Å². The van der Waals surface area contributed by atoms with Gasteiger partial charge in [-0.05, 0) is 38.6 Å². The smallest absolute Gasteiger partial charge is 0.307 e. The molecule has 2 unspecified atom stereocenters. The fraction of sp³-hybridized carbons (Fsp3) is 0.500. The molecule has 0 aromatic heterocycles. The monoisotopic (exact) mass is 290 g/mol. The number of rotatable bonds is 5. The van der Waals surface area contributed by atoms with Crippen molar-refractivity contribution < 1.29 is 14.7 Å². The largest absolute Gasteiger partial charge is 0.481 e. The predicted octanol–water partition coefficient (Wildman–Crippen LogP) is 2.19. The second-order valence-corrected chi connectivity index (χ2v) is 5.87. The van der Waals surface area contributed by atoms with Gasteiger partial charge in [-0.15, -0.1) is 0 Å². The highest BCUT2D eigenvalue weighted by molar-refractivity contribution is 5.96. The number of para-hydroxylation sites is 1. The van der Waals surface area contributed by atoms with E-state index in [1.807, 2.05) is 43.3 Å². The van der Waals surface area contributed by atoms with Crippen molar-refractivity contribution in [1.29, 1.82) is 0 Å². The molecule has 0 saturated heterocycles. The van der Waals surface area contributed by atoms with Crippen molar-refractivity contribution in [1.82, 2.24) is 4.90 Å². The van der Waals surface area contributed by atoms with E-state index in [-0.39, 0.29) is 5.91 Å². The third-order valence-corrected chi connectivity index (χ3v) is 3.93. The number of anilines is 1. The summed E-state index contributed by atoms with van der Waals surface area (Å²) in [5.74, 6) is -2.01. The molecule has 1 aromatic carbocycles. The summed E-state index contributed by atoms with van der Waals surface area (Å²) >= 11 is 0. The summed E-state index contributed by atoms with van der Waals surface area (Å²) in [6.07, 6.45) is 2.04. The molecule has 21 heavy (non-hydrogen) atoms. The van der Waals surface area contributed by atoms with E-state index in [4.69, 9.17) is 0 Å². The van der Waals surface area contributed by atoms with Crippen LogP contribution < -0.4 is 5.32 Å². The number of carbonyl (C=O) groups is 2. The van der Waals surface area contributed by atoms with Gasteiger partial charge >= 0.3 is 5.97 Å². The van der Waals surface area contributed by atoms with E-state index >= 15 is 0 Å². The lowest BCUT2D eigenvalue weighted by atomic mass is 9.95. The summed E-state index contributed by atoms with van der Waals surface area (Å²) in [7, 11) is 3.94. The minimum absolute atomic E-state index is 0.175. The van der Waals surface area contributed by atoms with Crippen molar-refractivity contribution in [2.24, 2.45) is 11.8 Å². The standard InChI is InChI=1S/C16H22N2O3/c1-18(2)10-11-6-3-4-9-14(11)17-15(19)12-7-5-8-13(12)16(20)21/h3-4,6,9,12-13H,5,7-8,10H2,1-2H3,(H,17,19)(H,20,21). The number of carbonyl (C=O) groups excluding carboxylic acids is 1. The molecule has 5 heteroatoms. The predicted molar refractivity (Wildman–Crippen MR) is 80.9 cm³/mol. The van der Waals surface area contributed by atoms with Gasteiger partial charge in [-0.2, -0.15) is 0 Å². The van der Waals surface area contributed by atoms with Gasteiger partial charge in [0.2, 0.25) is 5.91 Å². The highest BCUT2D eigenvalue weighted by atomic mass is 16.4. The van der Waals surface area contributed by atoms with Crippen LogP contribution in [-0.4, -0.2) is 36.0 Å². The summed E-state index contributed by atoms with van der Waals surface area (Å²) in [5.41, 5.74) is 1.80. The fourth-order valence-electron chi connectivity index (χ4n) is 2.92. The molecule has 1 aliphatic rings. The number of benzene rings is 1. The molecule has 0 bridgehead atoms. The van der Waals surface area contributed by atoms with Gasteiger partial charge in [0.1, 0.15) is 0 Å². The van der Waals surface area contributed by atoms with E-state index in [2.05, 4.69) is 5.32 Å². The second-order valence-electron chi connectivity index (χ2n) is 5.87. The summed E-state index contributed by atoms with van der Waals surface area (Å²) < 4.78 is 0. The van der Waals surface area contributed by atoms with Crippen LogP contribution >= 0.6 is 0 Å². The van der Waals surface area contributed by atoms with E-state index in [1.54, 1.807) is 0 Å². The van der Waals surface area contributed by atoms with Gasteiger partial charge in [0.05, 0.1) is 11.8 Å². The van der Waals surface area contributed by atoms with Crippen molar-refractivity contribution in [3.63, 3.8) is 0 Å². The molecule has 0 aliphatic heterocycles. The molecule has 1 fully saturated rings. The number of amides is 1. The number of nitrogens with zero attached hydrogens (tertiary/aromatic N) is 1. The molecule has 1 amide bonds. The Labute approximate surface area is 125 Å². The third-order valence-electron chi connectivity index (χ3n) is 3.93. The third kappa shape index (κ3) is 3.82. The van der Waals surface area contributed by atoms with E-state index in [0.717, 1.165) is 24.2 Å². The first-order chi connectivity index (χ1) is 9.99. The van der Waals surface area contributed by atoms with E-state index in [1.165, 1.54) is 0 Å². The Kier molecular flexibility index (Phi) is 4.96. The van der Waals surface area contributed by atoms with Crippen molar-refractivity contribution in [3.05, 3.63) is 29.8 Å². The van der Waals surface area contributed by atoms with Crippen LogP contribution in [0.5, 0.6) is 0 Å². The normalized spacial score (nSPS) is 21.5. The van der Waals surface area contributed by atoms with Gasteiger partial charge in [-0.3, -0.25) is 9.59 Å². The van der Waals surface area contributed by atoms with Crippen LogP contribution in [0.2, 0.25) is 0 Å². The van der Waals surface area contributed by atoms with Crippen LogP contribution in [0, 0.1) is 11.8 Å². The van der Waals surface area contributed by atoms with E-state index in [0.29, 0.717) is 12.8 Å². The molecule has 1 aliphatic carbocycles. The van der Waals surface area contributed by atoms with Crippen molar-refractivity contribution in [2.75, 3.05) is 19.4 Å². The average Bonchev–Trinajstić information content (AvgIpc) is 2.90. The Morgan fingerprint density at radius 1 is 1.24 bits per heavy atom. The molecule has 2 atom stereocenters. The first kappa shape index (κ1) is 15.5. The van der Waals surface area contributed by atoms with Gasteiger partial charge < -0.3 is 15.3 Å². The summed E-state index contributed by atoms with van der Waals surface area (Å²) in [6, 6.07) is 7.64. The first-order valence-electron chi connectivity index (χ1n) is 7.25. The van der Waals surface area contributed by atoms with Crippen LogP contribution in [0.3, 0.4) is 0 Å². The molecule has 0 radical (unpaired) electrons. The Bertz CT molecular complexity index is 528. The number of hydrogen-bond acceptors (Lipinski definition) is 3. The summed E-state index contributed by atoms with van der Waals surface area (Å²) in [4.78, 5) is 25.6.